The van der Waals surface area contributed by atoms with Crippen LogP contribution >= 0.6 is 0 Å². The first-order valence-corrected chi connectivity index (χ1v) is 9.60. The molecule has 0 unspecified atom stereocenters. The molecule has 136 valence electrons. The minimum Gasteiger partial charge on any atom is -0.459 e. The second-order valence-corrected chi connectivity index (χ2v) is 8.09. The van der Waals surface area contributed by atoms with Gasteiger partial charge in [-0.05, 0) is 44.6 Å². The SMILES string of the molecule is C/C=C(\C)C(=O)O[C@H]1CCN2C[C@H]3C[C@H](CN4C=CC(=O)C[C@H]34)[C@@H]2C1. The van der Waals surface area contributed by atoms with Gasteiger partial charge in [-0.3, -0.25) is 9.69 Å². The summed E-state index contributed by atoms with van der Waals surface area (Å²) < 4.78 is 5.75. The number of ketones is 1. The Kier molecular flexibility index (Phi) is 4.44. The fourth-order valence-electron chi connectivity index (χ4n) is 5.18. The van der Waals surface area contributed by atoms with Crippen molar-refractivity contribution in [2.45, 2.75) is 57.7 Å². The zero-order chi connectivity index (χ0) is 17.6. The first-order chi connectivity index (χ1) is 12.0. The van der Waals surface area contributed by atoms with E-state index in [4.69, 9.17) is 4.74 Å². The van der Waals surface area contributed by atoms with E-state index in [2.05, 4.69) is 9.80 Å². The van der Waals surface area contributed by atoms with Crippen molar-refractivity contribution in [3.05, 3.63) is 23.9 Å². The molecule has 5 nitrogen and oxygen atoms in total. The maximum absolute atomic E-state index is 12.1. The van der Waals surface area contributed by atoms with Crippen molar-refractivity contribution >= 4 is 11.8 Å². The summed E-state index contributed by atoms with van der Waals surface area (Å²) >= 11 is 0. The predicted octanol–water partition coefficient (Wildman–Crippen LogP) is 2.14. The van der Waals surface area contributed by atoms with Gasteiger partial charge in [-0.25, -0.2) is 4.79 Å². The van der Waals surface area contributed by atoms with Crippen LogP contribution in [0.25, 0.3) is 0 Å². The Morgan fingerprint density at radius 3 is 2.84 bits per heavy atom. The van der Waals surface area contributed by atoms with Crippen LogP contribution in [0.4, 0.5) is 0 Å². The van der Waals surface area contributed by atoms with E-state index < -0.39 is 0 Å². The van der Waals surface area contributed by atoms with E-state index in [1.54, 1.807) is 6.08 Å². The van der Waals surface area contributed by atoms with Gasteiger partial charge in [0.05, 0.1) is 0 Å². The molecule has 3 saturated heterocycles. The van der Waals surface area contributed by atoms with E-state index in [1.807, 2.05) is 26.1 Å². The van der Waals surface area contributed by atoms with Gasteiger partial charge < -0.3 is 9.64 Å². The van der Waals surface area contributed by atoms with Gasteiger partial charge in [0.1, 0.15) is 6.10 Å². The average Bonchev–Trinajstić information content (AvgIpc) is 2.62. The lowest BCUT2D eigenvalue weighted by molar-refractivity contribution is -0.150. The zero-order valence-electron chi connectivity index (χ0n) is 15.2. The normalized spacial score (nSPS) is 38.2. The smallest absolute Gasteiger partial charge is 0.333 e. The molecule has 5 atom stereocenters. The molecule has 0 radical (unpaired) electrons. The third-order valence-corrected chi connectivity index (χ3v) is 6.64. The zero-order valence-corrected chi connectivity index (χ0v) is 15.2. The number of carbonyl (C=O) groups is 2. The molecule has 4 rings (SSSR count). The number of rotatable bonds is 2. The van der Waals surface area contributed by atoms with E-state index in [0.717, 1.165) is 32.5 Å². The fourth-order valence-corrected chi connectivity index (χ4v) is 5.18. The summed E-state index contributed by atoms with van der Waals surface area (Å²) in [6, 6.07) is 0.892. The van der Waals surface area contributed by atoms with E-state index in [-0.39, 0.29) is 17.9 Å². The minimum atomic E-state index is -0.171. The summed E-state index contributed by atoms with van der Waals surface area (Å²) in [5.41, 5.74) is 0.690. The van der Waals surface area contributed by atoms with E-state index >= 15 is 0 Å². The van der Waals surface area contributed by atoms with Crippen LogP contribution in [0.3, 0.4) is 0 Å². The predicted molar refractivity (Wildman–Crippen MR) is 94.8 cm³/mol. The molecule has 0 N–H and O–H groups in total. The Morgan fingerprint density at radius 2 is 2.04 bits per heavy atom. The van der Waals surface area contributed by atoms with E-state index in [9.17, 15) is 9.59 Å². The molecule has 4 aliphatic heterocycles. The molecule has 25 heavy (non-hydrogen) atoms. The van der Waals surface area contributed by atoms with Crippen molar-refractivity contribution in [1.82, 2.24) is 9.80 Å². The molecule has 0 aromatic heterocycles. The number of fused-ring (bicyclic) bond motifs is 6. The lowest BCUT2D eigenvalue weighted by Crippen LogP contribution is -2.63. The van der Waals surface area contributed by atoms with Crippen molar-refractivity contribution in [2.24, 2.45) is 11.8 Å². The van der Waals surface area contributed by atoms with Crippen molar-refractivity contribution in [3.8, 4) is 0 Å². The number of hydrogen-bond acceptors (Lipinski definition) is 5. The Hall–Kier alpha value is -1.62. The highest BCUT2D eigenvalue weighted by Gasteiger charge is 2.48. The first kappa shape index (κ1) is 16.8. The van der Waals surface area contributed by atoms with Gasteiger partial charge in [-0.15, -0.1) is 0 Å². The van der Waals surface area contributed by atoms with Gasteiger partial charge in [0.2, 0.25) is 0 Å². The molecule has 5 heteroatoms. The summed E-state index contributed by atoms with van der Waals surface area (Å²) in [5, 5.41) is 0. The summed E-state index contributed by atoms with van der Waals surface area (Å²) in [6.07, 6.45) is 9.35. The number of ether oxygens (including phenoxy) is 1. The van der Waals surface area contributed by atoms with Gasteiger partial charge in [-0.1, -0.05) is 6.08 Å². The highest BCUT2D eigenvalue weighted by molar-refractivity contribution is 5.90. The van der Waals surface area contributed by atoms with Crippen LogP contribution in [0.2, 0.25) is 0 Å². The lowest BCUT2D eigenvalue weighted by Gasteiger charge is -2.56. The molecule has 4 heterocycles. The molecular formula is C20H28N2O3. The number of nitrogens with zero attached hydrogens (tertiary/aromatic N) is 2. The second-order valence-electron chi connectivity index (χ2n) is 8.09. The Labute approximate surface area is 149 Å². The van der Waals surface area contributed by atoms with Crippen LogP contribution in [-0.2, 0) is 14.3 Å². The maximum atomic E-state index is 12.1. The van der Waals surface area contributed by atoms with Gasteiger partial charge >= 0.3 is 5.97 Å². The fraction of sp³-hybridized carbons (Fsp3) is 0.700. The van der Waals surface area contributed by atoms with Gasteiger partial charge in [-0.2, -0.15) is 0 Å². The molecule has 0 aliphatic carbocycles. The third kappa shape index (κ3) is 3.14. The Morgan fingerprint density at radius 1 is 1.24 bits per heavy atom. The van der Waals surface area contributed by atoms with E-state index in [1.165, 1.54) is 6.42 Å². The van der Waals surface area contributed by atoms with Gasteiger partial charge in [0.15, 0.2) is 5.78 Å². The molecule has 0 aromatic carbocycles. The van der Waals surface area contributed by atoms with Crippen molar-refractivity contribution in [1.29, 1.82) is 0 Å². The highest BCUT2D eigenvalue weighted by atomic mass is 16.5. The number of allylic oxidation sites excluding steroid dienone is 2. The third-order valence-electron chi connectivity index (χ3n) is 6.64. The van der Waals surface area contributed by atoms with Gasteiger partial charge in [0.25, 0.3) is 0 Å². The van der Waals surface area contributed by atoms with Crippen LogP contribution in [0, 0.1) is 11.8 Å². The minimum absolute atomic E-state index is 0.0383. The molecule has 3 fully saturated rings. The lowest BCUT2D eigenvalue weighted by atomic mass is 9.71. The number of hydrogen-bond donors (Lipinski definition) is 0. The van der Waals surface area contributed by atoms with Gasteiger partial charge in [0, 0.05) is 56.3 Å². The van der Waals surface area contributed by atoms with Crippen molar-refractivity contribution < 1.29 is 14.3 Å². The molecule has 0 amide bonds. The number of piperidine rings is 3. The molecule has 2 bridgehead atoms. The van der Waals surface area contributed by atoms with E-state index in [0.29, 0.717) is 35.9 Å². The molecule has 0 saturated carbocycles. The van der Waals surface area contributed by atoms with Crippen LogP contribution in [0.15, 0.2) is 23.9 Å². The van der Waals surface area contributed by atoms with Crippen LogP contribution in [0.1, 0.15) is 39.5 Å². The van der Waals surface area contributed by atoms with Crippen LogP contribution in [0.5, 0.6) is 0 Å². The number of carbonyl (C=O) groups excluding carboxylic acids is 2. The Balaban J connectivity index is 1.44. The largest absolute Gasteiger partial charge is 0.459 e. The summed E-state index contributed by atoms with van der Waals surface area (Å²) in [6.45, 7) is 6.80. The molecule has 0 spiro atoms. The number of esters is 1. The summed E-state index contributed by atoms with van der Waals surface area (Å²) in [4.78, 5) is 28.9. The molecular weight excluding hydrogens is 316 g/mol. The van der Waals surface area contributed by atoms with Crippen molar-refractivity contribution in [2.75, 3.05) is 19.6 Å². The maximum Gasteiger partial charge on any atom is 0.333 e. The van der Waals surface area contributed by atoms with Crippen LogP contribution < -0.4 is 0 Å². The summed E-state index contributed by atoms with van der Waals surface area (Å²) in [7, 11) is 0. The molecule has 4 aliphatic rings. The first-order valence-electron chi connectivity index (χ1n) is 9.60. The van der Waals surface area contributed by atoms with Crippen LogP contribution in [-0.4, -0.2) is 59.4 Å². The topological polar surface area (TPSA) is 49.9 Å². The monoisotopic (exact) mass is 344 g/mol. The standard InChI is InChI=1S/C20H28N2O3/c1-3-13(2)20(24)25-17-5-7-22-11-14-8-15(19(22)10-17)12-21-6-4-16(23)9-18(14)21/h3-4,6,14-15,17-19H,5,7-12H2,1-2H3/b13-3+/t14-,15-,17+,18-,19+/m1/s1. The van der Waals surface area contributed by atoms with Crippen molar-refractivity contribution in [3.63, 3.8) is 0 Å². The highest BCUT2D eigenvalue weighted by Crippen LogP contribution is 2.42. The average molecular weight is 344 g/mol. The quantitative estimate of drug-likeness (QED) is 0.567. The second kappa shape index (κ2) is 6.60. The Bertz CT molecular complexity index is 626. The molecule has 0 aromatic rings. The summed E-state index contributed by atoms with van der Waals surface area (Å²) in [5.74, 6) is 1.30.